The van der Waals surface area contributed by atoms with Gasteiger partial charge < -0.3 is 15.0 Å². The minimum atomic E-state index is -0.496. The number of nitrogens with zero attached hydrogens (tertiary/aromatic N) is 2. The minimum Gasteiger partial charge on any atom is -0.465 e. The van der Waals surface area contributed by atoms with Crippen LogP contribution in [0.2, 0.25) is 5.02 Å². The Morgan fingerprint density at radius 1 is 1.35 bits per heavy atom. The van der Waals surface area contributed by atoms with E-state index < -0.39 is 11.9 Å². The van der Waals surface area contributed by atoms with Crippen LogP contribution in [0.3, 0.4) is 0 Å². The van der Waals surface area contributed by atoms with E-state index in [-0.39, 0.29) is 24.8 Å². The third-order valence-electron chi connectivity index (χ3n) is 4.03. The summed E-state index contributed by atoms with van der Waals surface area (Å²) >= 11 is 6.91. The van der Waals surface area contributed by atoms with Crippen molar-refractivity contribution in [3.05, 3.63) is 39.9 Å². The zero-order valence-corrected chi connectivity index (χ0v) is 15.7. The van der Waals surface area contributed by atoms with E-state index in [0.717, 1.165) is 11.3 Å². The van der Waals surface area contributed by atoms with E-state index in [9.17, 15) is 14.4 Å². The van der Waals surface area contributed by atoms with Gasteiger partial charge in [-0.25, -0.2) is 9.78 Å². The Balaban J connectivity index is 1.68. The quantitative estimate of drug-likeness (QED) is 0.807. The molecule has 0 bridgehead atoms. The third kappa shape index (κ3) is 3.71. The van der Waals surface area contributed by atoms with E-state index in [1.54, 1.807) is 36.1 Å². The van der Waals surface area contributed by atoms with E-state index in [1.807, 2.05) is 0 Å². The molecule has 2 heterocycles. The van der Waals surface area contributed by atoms with Gasteiger partial charge in [0, 0.05) is 23.7 Å². The van der Waals surface area contributed by atoms with Gasteiger partial charge in [-0.3, -0.25) is 9.59 Å². The lowest BCUT2D eigenvalue weighted by Gasteiger charge is -2.16. The Labute approximate surface area is 158 Å². The van der Waals surface area contributed by atoms with Crippen molar-refractivity contribution >= 4 is 51.5 Å². The molecule has 1 aromatic carbocycles. The molecule has 1 N–H and O–H groups in total. The maximum atomic E-state index is 12.5. The molecule has 136 valence electrons. The zero-order valence-electron chi connectivity index (χ0n) is 14.1. The maximum absolute atomic E-state index is 12.5. The first-order chi connectivity index (χ1) is 12.4. The largest absolute Gasteiger partial charge is 0.465 e. The summed E-state index contributed by atoms with van der Waals surface area (Å²) in [5.41, 5.74) is 1.19. The fourth-order valence-corrected chi connectivity index (χ4v) is 3.71. The van der Waals surface area contributed by atoms with Gasteiger partial charge in [0.15, 0.2) is 5.13 Å². The Morgan fingerprint density at radius 2 is 2.04 bits per heavy atom. The molecule has 1 saturated heterocycles. The topological polar surface area (TPSA) is 88.6 Å². The number of anilines is 2. The average molecular weight is 394 g/mol. The van der Waals surface area contributed by atoms with Crippen molar-refractivity contribution in [3.63, 3.8) is 0 Å². The Kier molecular flexibility index (Phi) is 5.24. The summed E-state index contributed by atoms with van der Waals surface area (Å²) in [4.78, 5) is 42.4. The highest BCUT2D eigenvalue weighted by Gasteiger charge is 2.35. The summed E-state index contributed by atoms with van der Waals surface area (Å²) in [6.45, 7) is 1.94. The SMILES string of the molecule is COC(=O)c1sc(NC(=O)C2CC(=O)N(c3ccc(Cl)cc3)C2)nc1C. The van der Waals surface area contributed by atoms with E-state index in [1.165, 1.54) is 7.11 Å². The summed E-state index contributed by atoms with van der Waals surface area (Å²) in [7, 11) is 1.29. The van der Waals surface area contributed by atoms with Crippen molar-refractivity contribution in [2.75, 3.05) is 23.9 Å². The number of ether oxygens (including phenoxy) is 1. The maximum Gasteiger partial charge on any atom is 0.350 e. The number of nitrogens with one attached hydrogen (secondary N) is 1. The van der Waals surface area contributed by atoms with Crippen LogP contribution in [0.1, 0.15) is 21.8 Å². The summed E-state index contributed by atoms with van der Waals surface area (Å²) in [5.74, 6) is -1.42. The molecule has 1 aliphatic rings. The summed E-state index contributed by atoms with van der Waals surface area (Å²) in [6.07, 6.45) is 0.114. The fourth-order valence-electron chi connectivity index (χ4n) is 2.69. The Hall–Kier alpha value is -2.45. The van der Waals surface area contributed by atoms with Gasteiger partial charge in [-0.2, -0.15) is 0 Å². The number of carbonyl (C=O) groups excluding carboxylic acids is 3. The first-order valence-corrected chi connectivity index (χ1v) is 9.01. The van der Waals surface area contributed by atoms with Crippen molar-refractivity contribution in [2.24, 2.45) is 5.92 Å². The van der Waals surface area contributed by atoms with Crippen molar-refractivity contribution in [2.45, 2.75) is 13.3 Å². The number of thiazole rings is 1. The molecule has 26 heavy (non-hydrogen) atoms. The molecule has 0 radical (unpaired) electrons. The lowest BCUT2D eigenvalue weighted by Crippen LogP contribution is -2.28. The molecule has 1 unspecified atom stereocenters. The predicted molar refractivity (Wildman–Crippen MR) is 98.7 cm³/mol. The molecule has 2 amide bonds. The van der Waals surface area contributed by atoms with Gasteiger partial charge in [0.25, 0.3) is 0 Å². The Morgan fingerprint density at radius 3 is 2.69 bits per heavy atom. The number of hydrogen-bond acceptors (Lipinski definition) is 6. The van der Waals surface area contributed by atoms with Crippen LogP contribution in [0.5, 0.6) is 0 Å². The second kappa shape index (κ2) is 7.43. The number of esters is 1. The average Bonchev–Trinajstić information content (AvgIpc) is 3.18. The second-order valence-corrected chi connectivity index (χ2v) is 7.23. The van der Waals surface area contributed by atoms with E-state index in [2.05, 4.69) is 15.0 Å². The Bertz CT molecular complexity index is 865. The number of aromatic nitrogens is 1. The normalized spacial score (nSPS) is 16.7. The number of carbonyl (C=O) groups is 3. The molecule has 0 aliphatic carbocycles. The molecular weight excluding hydrogens is 378 g/mol. The van der Waals surface area contributed by atoms with Gasteiger partial charge in [-0.05, 0) is 31.2 Å². The lowest BCUT2D eigenvalue weighted by molar-refractivity contribution is -0.122. The van der Waals surface area contributed by atoms with E-state index in [4.69, 9.17) is 11.6 Å². The van der Waals surface area contributed by atoms with Crippen LogP contribution in [0.4, 0.5) is 10.8 Å². The standard InChI is InChI=1S/C17H16ClN3O4S/c1-9-14(16(24)25-2)26-17(19-9)20-15(23)10-7-13(22)21(8-10)12-5-3-11(18)4-6-12/h3-6,10H,7-8H2,1-2H3,(H,19,20,23). The van der Waals surface area contributed by atoms with Crippen molar-refractivity contribution in [3.8, 4) is 0 Å². The summed E-state index contributed by atoms with van der Waals surface area (Å²) in [5, 5.41) is 3.58. The van der Waals surface area contributed by atoms with E-state index in [0.29, 0.717) is 26.4 Å². The molecule has 1 fully saturated rings. The number of aryl methyl sites for hydroxylation is 1. The van der Waals surface area contributed by atoms with Crippen LogP contribution in [0.25, 0.3) is 0 Å². The lowest BCUT2D eigenvalue weighted by atomic mass is 10.1. The molecule has 1 atom stereocenters. The van der Waals surface area contributed by atoms with Crippen LogP contribution in [-0.2, 0) is 14.3 Å². The first-order valence-electron chi connectivity index (χ1n) is 7.81. The highest BCUT2D eigenvalue weighted by Crippen LogP contribution is 2.28. The van der Waals surface area contributed by atoms with E-state index >= 15 is 0 Å². The van der Waals surface area contributed by atoms with Crippen LogP contribution in [-0.4, -0.2) is 36.4 Å². The van der Waals surface area contributed by atoms with Crippen molar-refractivity contribution < 1.29 is 19.1 Å². The molecule has 9 heteroatoms. The molecule has 7 nitrogen and oxygen atoms in total. The minimum absolute atomic E-state index is 0.114. The zero-order chi connectivity index (χ0) is 18.8. The number of amides is 2. The summed E-state index contributed by atoms with van der Waals surface area (Å²) < 4.78 is 4.68. The van der Waals surface area contributed by atoms with Crippen LogP contribution in [0, 0.1) is 12.8 Å². The number of hydrogen-bond donors (Lipinski definition) is 1. The van der Waals surface area contributed by atoms with Gasteiger partial charge in [0.1, 0.15) is 4.88 Å². The number of methoxy groups -OCH3 is 1. The fraction of sp³-hybridized carbons (Fsp3) is 0.294. The van der Waals surface area contributed by atoms with Gasteiger partial charge in [0.2, 0.25) is 11.8 Å². The number of benzene rings is 1. The van der Waals surface area contributed by atoms with Crippen molar-refractivity contribution in [1.29, 1.82) is 0 Å². The predicted octanol–water partition coefficient (Wildman–Crippen LogP) is 2.88. The van der Waals surface area contributed by atoms with Gasteiger partial charge in [0.05, 0.1) is 18.7 Å². The number of rotatable bonds is 4. The molecular formula is C17H16ClN3O4S. The summed E-state index contributed by atoms with van der Waals surface area (Å²) in [6, 6.07) is 6.88. The molecule has 1 aromatic heterocycles. The second-order valence-electron chi connectivity index (χ2n) is 5.80. The van der Waals surface area contributed by atoms with Crippen LogP contribution in [0.15, 0.2) is 24.3 Å². The number of halogens is 1. The molecule has 1 aliphatic heterocycles. The smallest absolute Gasteiger partial charge is 0.350 e. The highest BCUT2D eigenvalue weighted by atomic mass is 35.5. The van der Waals surface area contributed by atoms with Gasteiger partial charge in [-0.15, -0.1) is 0 Å². The van der Waals surface area contributed by atoms with Gasteiger partial charge in [-0.1, -0.05) is 22.9 Å². The molecule has 2 aromatic rings. The molecule has 0 saturated carbocycles. The highest BCUT2D eigenvalue weighted by molar-refractivity contribution is 7.17. The van der Waals surface area contributed by atoms with Crippen LogP contribution >= 0.6 is 22.9 Å². The van der Waals surface area contributed by atoms with Crippen LogP contribution < -0.4 is 10.2 Å². The molecule has 0 spiro atoms. The third-order valence-corrected chi connectivity index (χ3v) is 5.34. The monoisotopic (exact) mass is 393 g/mol. The first kappa shape index (κ1) is 18.3. The van der Waals surface area contributed by atoms with Gasteiger partial charge >= 0.3 is 5.97 Å². The molecule has 3 rings (SSSR count). The van der Waals surface area contributed by atoms with Crippen molar-refractivity contribution in [1.82, 2.24) is 4.98 Å².